The summed E-state index contributed by atoms with van der Waals surface area (Å²) in [5.74, 6) is 5.84. The third kappa shape index (κ3) is 4.63. The van der Waals surface area contributed by atoms with Gasteiger partial charge in [-0.2, -0.15) is 0 Å². The van der Waals surface area contributed by atoms with Gasteiger partial charge in [0.15, 0.2) is 5.60 Å². The number of nitrogens with zero attached hydrogens (tertiary/aromatic N) is 1. The molecule has 2 atom stereocenters. The summed E-state index contributed by atoms with van der Waals surface area (Å²) < 4.78 is 10.6. The zero-order valence-electron chi connectivity index (χ0n) is 13.3. The van der Waals surface area contributed by atoms with E-state index < -0.39 is 23.3 Å². The third-order valence-corrected chi connectivity index (χ3v) is 2.97. The number of hydrogen-bond donors (Lipinski definition) is 3. The van der Waals surface area contributed by atoms with Gasteiger partial charge in [-0.1, -0.05) is 13.8 Å². The van der Waals surface area contributed by atoms with Crippen LogP contribution in [0.1, 0.15) is 47.5 Å². The summed E-state index contributed by atoms with van der Waals surface area (Å²) in [6.45, 7) is 9.01. The molecule has 7 heteroatoms. The molecule has 120 valence electrons. The standard InChI is InChI=1S/C14H25N3O4/c1-6-9(16-12(18)21-13(3,4)5)14(19)8-10(14)20-11(7-2)17-15/h8-9,19H,6-7,15H2,1-5H3,(H,16,18)/b17-11-/t9-,14?/m0/s1. The van der Waals surface area contributed by atoms with Gasteiger partial charge in [0.2, 0.25) is 5.90 Å². The number of alkyl carbamates (subject to hydrolysis) is 1. The Balaban J connectivity index is 2.60. The average Bonchev–Trinajstić information content (AvgIpc) is 3.02. The van der Waals surface area contributed by atoms with Crippen molar-refractivity contribution >= 4 is 12.0 Å². The molecule has 0 bridgehead atoms. The first-order valence-corrected chi connectivity index (χ1v) is 7.06. The molecule has 0 spiro atoms. The van der Waals surface area contributed by atoms with Gasteiger partial charge in [-0.25, -0.2) is 4.79 Å². The van der Waals surface area contributed by atoms with Gasteiger partial charge in [0.1, 0.15) is 11.4 Å². The highest BCUT2D eigenvalue weighted by Crippen LogP contribution is 2.40. The number of rotatable bonds is 5. The van der Waals surface area contributed by atoms with Gasteiger partial charge in [0.05, 0.1) is 6.04 Å². The van der Waals surface area contributed by atoms with Crippen LogP contribution < -0.4 is 11.2 Å². The van der Waals surface area contributed by atoms with Gasteiger partial charge in [-0.3, -0.25) is 0 Å². The predicted octanol–water partition coefficient (Wildman–Crippen LogP) is 1.62. The largest absolute Gasteiger partial charge is 0.444 e. The maximum Gasteiger partial charge on any atom is 0.407 e. The minimum atomic E-state index is -1.31. The lowest BCUT2D eigenvalue weighted by atomic mass is 10.0. The van der Waals surface area contributed by atoms with Crippen molar-refractivity contribution in [3.05, 3.63) is 11.8 Å². The first-order chi connectivity index (χ1) is 9.66. The molecule has 7 nitrogen and oxygen atoms in total. The summed E-state index contributed by atoms with van der Waals surface area (Å²) in [5.41, 5.74) is -1.90. The van der Waals surface area contributed by atoms with Gasteiger partial charge in [-0.15, -0.1) is 5.10 Å². The molecular formula is C14H25N3O4. The smallest absolute Gasteiger partial charge is 0.407 e. The summed E-state index contributed by atoms with van der Waals surface area (Å²) in [5, 5.41) is 16.6. The fourth-order valence-electron chi connectivity index (χ4n) is 1.84. The Morgan fingerprint density at radius 2 is 2.14 bits per heavy atom. The van der Waals surface area contributed by atoms with Crippen molar-refractivity contribution in [2.75, 3.05) is 0 Å². The van der Waals surface area contributed by atoms with Gasteiger partial charge in [-0.05, 0) is 33.3 Å². The Bertz CT molecular complexity index is 454. The first kappa shape index (κ1) is 17.3. The Hall–Kier alpha value is -1.76. The van der Waals surface area contributed by atoms with Crippen molar-refractivity contribution in [1.82, 2.24) is 5.32 Å². The quantitative estimate of drug-likeness (QED) is 0.309. The maximum atomic E-state index is 11.8. The number of carbonyl (C=O) groups is 1. The Labute approximate surface area is 125 Å². The molecule has 1 amide bonds. The zero-order chi connectivity index (χ0) is 16.3. The van der Waals surface area contributed by atoms with Crippen LogP contribution in [0.4, 0.5) is 4.79 Å². The second-order valence-corrected chi connectivity index (χ2v) is 5.92. The lowest BCUT2D eigenvalue weighted by Gasteiger charge is -2.26. The van der Waals surface area contributed by atoms with Gasteiger partial charge < -0.3 is 25.7 Å². The topological polar surface area (TPSA) is 106 Å². The van der Waals surface area contributed by atoms with Crippen molar-refractivity contribution in [2.45, 2.75) is 64.7 Å². The van der Waals surface area contributed by atoms with Crippen molar-refractivity contribution in [3.63, 3.8) is 0 Å². The zero-order valence-corrected chi connectivity index (χ0v) is 13.3. The van der Waals surface area contributed by atoms with Crippen molar-refractivity contribution in [3.8, 4) is 0 Å². The van der Waals surface area contributed by atoms with E-state index in [1.54, 1.807) is 20.8 Å². The summed E-state index contributed by atoms with van der Waals surface area (Å²) in [7, 11) is 0. The summed E-state index contributed by atoms with van der Waals surface area (Å²) >= 11 is 0. The molecule has 4 N–H and O–H groups in total. The van der Waals surface area contributed by atoms with Crippen LogP contribution in [0.5, 0.6) is 0 Å². The molecule has 1 unspecified atom stereocenters. The van der Waals surface area contributed by atoms with E-state index in [9.17, 15) is 9.90 Å². The summed E-state index contributed by atoms with van der Waals surface area (Å²) in [6.07, 6.45) is 1.98. The number of hydrazone groups is 1. The minimum Gasteiger partial charge on any atom is -0.444 e. The number of carbonyl (C=O) groups excluding carboxylic acids is 1. The number of aliphatic hydroxyl groups is 1. The lowest BCUT2D eigenvalue weighted by Crippen LogP contribution is -2.48. The van der Waals surface area contributed by atoms with Gasteiger partial charge >= 0.3 is 6.09 Å². The minimum absolute atomic E-state index is 0.323. The molecular weight excluding hydrogens is 274 g/mol. The van der Waals surface area contributed by atoms with E-state index in [0.29, 0.717) is 24.5 Å². The van der Waals surface area contributed by atoms with E-state index in [1.165, 1.54) is 6.08 Å². The molecule has 0 saturated carbocycles. The molecule has 0 saturated heterocycles. The van der Waals surface area contributed by atoms with Crippen molar-refractivity contribution in [1.29, 1.82) is 0 Å². The molecule has 0 fully saturated rings. The molecule has 0 aromatic carbocycles. The number of amides is 1. The van der Waals surface area contributed by atoms with Crippen LogP contribution in [0.25, 0.3) is 0 Å². The molecule has 1 aliphatic rings. The Morgan fingerprint density at radius 1 is 1.52 bits per heavy atom. The Kier molecular flexibility index (Phi) is 5.22. The SMILES string of the molecule is CC/C(=N/N)OC1=CC1(O)[C@H](CC)NC(=O)OC(C)(C)C. The number of hydrogen-bond acceptors (Lipinski definition) is 6. The van der Waals surface area contributed by atoms with E-state index in [2.05, 4.69) is 10.4 Å². The van der Waals surface area contributed by atoms with E-state index in [0.717, 1.165) is 0 Å². The van der Waals surface area contributed by atoms with Crippen LogP contribution in [0.2, 0.25) is 0 Å². The highest BCUT2D eigenvalue weighted by molar-refractivity contribution is 5.78. The van der Waals surface area contributed by atoms with E-state index in [4.69, 9.17) is 15.3 Å². The highest BCUT2D eigenvalue weighted by atomic mass is 16.6. The van der Waals surface area contributed by atoms with E-state index >= 15 is 0 Å². The van der Waals surface area contributed by atoms with Crippen LogP contribution in [0.3, 0.4) is 0 Å². The number of nitrogens with one attached hydrogen (secondary N) is 1. The van der Waals surface area contributed by atoms with Crippen molar-refractivity contribution < 1.29 is 19.4 Å². The molecule has 21 heavy (non-hydrogen) atoms. The lowest BCUT2D eigenvalue weighted by molar-refractivity contribution is 0.0375. The molecule has 1 rings (SSSR count). The molecule has 0 aromatic heterocycles. The van der Waals surface area contributed by atoms with Crippen LogP contribution in [-0.4, -0.2) is 34.3 Å². The molecule has 0 aromatic rings. The highest BCUT2D eigenvalue weighted by Gasteiger charge is 2.52. The summed E-state index contributed by atoms with van der Waals surface area (Å²) in [6, 6.07) is -0.529. The molecule has 0 heterocycles. The predicted molar refractivity (Wildman–Crippen MR) is 79.5 cm³/mol. The summed E-state index contributed by atoms with van der Waals surface area (Å²) in [4.78, 5) is 11.8. The average molecular weight is 299 g/mol. The van der Waals surface area contributed by atoms with Crippen LogP contribution in [0.15, 0.2) is 16.9 Å². The fraction of sp³-hybridized carbons (Fsp3) is 0.714. The second-order valence-electron chi connectivity index (χ2n) is 5.92. The van der Waals surface area contributed by atoms with Crippen LogP contribution >= 0.6 is 0 Å². The second kappa shape index (κ2) is 6.34. The maximum absolute atomic E-state index is 11.8. The molecule has 0 aliphatic heterocycles. The first-order valence-electron chi connectivity index (χ1n) is 7.06. The van der Waals surface area contributed by atoms with Gasteiger partial charge in [0.25, 0.3) is 0 Å². The monoisotopic (exact) mass is 299 g/mol. The number of nitrogens with two attached hydrogens (primary N) is 1. The fourth-order valence-corrected chi connectivity index (χ4v) is 1.84. The Morgan fingerprint density at radius 3 is 2.57 bits per heavy atom. The molecule has 1 aliphatic carbocycles. The van der Waals surface area contributed by atoms with Crippen LogP contribution in [0, 0.1) is 0 Å². The van der Waals surface area contributed by atoms with E-state index in [-0.39, 0.29) is 0 Å². The third-order valence-electron chi connectivity index (χ3n) is 2.97. The van der Waals surface area contributed by atoms with Gasteiger partial charge in [0, 0.05) is 6.42 Å². The number of ether oxygens (including phenoxy) is 2. The van der Waals surface area contributed by atoms with Crippen molar-refractivity contribution in [2.24, 2.45) is 10.9 Å². The normalized spacial score (nSPS) is 23.1. The van der Waals surface area contributed by atoms with E-state index in [1.807, 2.05) is 13.8 Å². The van der Waals surface area contributed by atoms with Crippen LogP contribution in [-0.2, 0) is 9.47 Å². The molecule has 0 radical (unpaired) electrons.